The summed E-state index contributed by atoms with van der Waals surface area (Å²) in [5.74, 6) is -0.133. The van der Waals surface area contributed by atoms with E-state index in [0.29, 0.717) is 36.9 Å². The lowest BCUT2D eigenvalue weighted by molar-refractivity contribution is -0.302. The number of carbonyl (C=O) groups excluding carboxylic acids is 1. The van der Waals surface area contributed by atoms with Gasteiger partial charge in [-0.3, -0.25) is 4.79 Å². The van der Waals surface area contributed by atoms with Gasteiger partial charge in [0.1, 0.15) is 5.76 Å². The van der Waals surface area contributed by atoms with Crippen molar-refractivity contribution in [3.63, 3.8) is 0 Å². The lowest BCUT2D eigenvalue weighted by atomic mass is 9.75. The van der Waals surface area contributed by atoms with Crippen LogP contribution < -0.4 is 4.90 Å². The predicted octanol–water partition coefficient (Wildman–Crippen LogP) is 5.63. The fourth-order valence-corrected chi connectivity index (χ4v) is 3.92. The fourth-order valence-electron chi connectivity index (χ4n) is 3.92. The molecule has 3 nitrogen and oxygen atoms in total. The Morgan fingerprint density at radius 3 is 2.48 bits per heavy atom. The predicted molar refractivity (Wildman–Crippen MR) is 99.3 cm³/mol. The Labute approximate surface area is 157 Å². The van der Waals surface area contributed by atoms with Crippen molar-refractivity contribution in [2.24, 2.45) is 0 Å². The number of hydrogen-bond acceptors (Lipinski definition) is 2. The van der Waals surface area contributed by atoms with Crippen LogP contribution >= 0.6 is 0 Å². The van der Waals surface area contributed by atoms with Gasteiger partial charge in [-0.1, -0.05) is 26.0 Å². The maximum absolute atomic E-state index is 12.8. The van der Waals surface area contributed by atoms with Crippen LogP contribution in [0.3, 0.4) is 0 Å². The molecular weight excluding hydrogens is 355 g/mol. The van der Waals surface area contributed by atoms with Crippen LogP contribution in [0, 0.1) is 6.92 Å². The Bertz CT molecular complexity index is 835. The Balaban J connectivity index is 2.13. The molecule has 0 fully saturated rings. The third kappa shape index (κ3) is 3.75. The summed E-state index contributed by atoms with van der Waals surface area (Å²) in [6, 6.07) is 3.85. The third-order valence-electron chi connectivity index (χ3n) is 5.20. The first-order valence-electron chi connectivity index (χ1n) is 9.16. The first-order chi connectivity index (χ1) is 12.5. The number of nitrogens with zero attached hydrogens (tertiary/aromatic N) is 1. The van der Waals surface area contributed by atoms with Crippen LogP contribution in [-0.4, -0.2) is 18.8 Å². The van der Waals surface area contributed by atoms with E-state index in [2.05, 4.69) is 4.74 Å². The summed E-state index contributed by atoms with van der Waals surface area (Å²) in [7, 11) is 0. The molecule has 1 aromatic rings. The molecule has 0 aromatic heterocycles. The van der Waals surface area contributed by atoms with Crippen LogP contribution in [0.15, 0.2) is 30.0 Å². The van der Waals surface area contributed by atoms with E-state index >= 15 is 0 Å². The van der Waals surface area contributed by atoms with Gasteiger partial charge in [0.05, 0.1) is 0 Å². The van der Waals surface area contributed by atoms with Gasteiger partial charge in [0.25, 0.3) is 0 Å². The molecule has 1 amide bonds. The largest absolute Gasteiger partial charge is 0.573 e. The molecule has 1 aliphatic carbocycles. The second-order valence-corrected chi connectivity index (χ2v) is 7.69. The zero-order valence-electron chi connectivity index (χ0n) is 16.0. The van der Waals surface area contributed by atoms with Gasteiger partial charge in [0.15, 0.2) is 0 Å². The average Bonchev–Trinajstić information content (AvgIpc) is 2.54. The molecule has 0 radical (unpaired) electrons. The van der Waals surface area contributed by atoms with E-state index in [0.717, 1.165) is 16.8 Å². The van der Waals surface area contributed by atoms with Crippen molar-refractivity contribution in [1.29, 1.82) is 0 Å². The van der Waals surface area contributed by atoms with Crippen LogP contribution in [0.1, 0.15) is 56.7 Å². The van der Waals surface area contributed by atoms with Crippen molar-refractivity contribution in [3.8, 4) is 0 Å². The fraction of sp³-hybridized carbons (Fsp3) is 0.476. The highest BCUT2D eigenvalue weighted by molar-refractivity contribution is 5.99. The van der Waals surface area contributed by atoms with Gasteiger partial charge in [-0.25, -0.2) is 0 Å². The monoisotopic (exact) mass is 379 g/mol. The summed E-state index contributed by atoms with van der Waals surface area (Å²) >= 11 is 0. The zero-order chi connectivity index (χ0) is 20.0. The number of anilines is 1. The molecule has 2 aliphatic rings. The van der Waals surface area contributed by atoms with E-state index in [4.69, 9.17) is 0 Å². The van der Waals surface area contributed by atoms with Crippen molar-refractivity contribution >= 4 is 17.2 Å². The molecule has 1 heterocycles. The summed E-state index contributed by atoms with van der Waals surface area (Å²) in [6.45, 7) is 8.35. The number of aryl methyl sites for hydroxylation is 1. The molecule has 0 saturated carbocycles. The van der Waals surface area contributed by atoms with Gasteiger partial charge in [0, 0.05) is 29.6 Å². The average molecular weight is 379 g/mol. The number of ether oxygens (including phenoxy) is 1. The van der Waals surface area contributed by atoms with E-state index in [1.807, 2.05) is 39.8 Å². The topological polar surface area (TPSA) is 29.5 Å². The lowest BCUT2D eigenvalue weighted by Gasteiger charge is -2.39. The maximum Gasteiger partial charge on any atom is 0.573 e. The quantitative estimate of drug-likeness (QED) is 0.681. The standard InChI is InChI=1S/C21H24F3NO2/c1-5-25-17-11-15(13(2)10-16(17)20(3,4)12-19(25)26)14-8-6-7-9-18(14)27-21(22,23)24/h8-11H,5-7,12H2,1-4H3. The van der Waals surface area contributed by atoms with Crippen LogP contribution in [0.4, 0.5) is 18.9 Å². The van der Waals surface area contributed by atoms with Crippen LogP contribution in [0.2, 0.25) is 0 Å². The Hall–Kier alpha value is -2.24. The van der Waals surface area contributed by atoms with Crippen molar-refractivity contribution in [3.05, 3.63) is 46.7 Å². The first kappa shape index (κ1) is 19.5. The SMILES string of the molecule is CCN1C(=O)CC(C)(C)c2cc(C)c(C3=CCCC=C3OC(F)(F)F)cc21. The molecule has 0 unspecified atom stereocenters. The molecule has 6 heteroatoms. The van der Waals surface area contributed by atoms with Crippen molar-refractivity contribution in [2.45, 2.75) is 58.7 Å². The Kier molecular flexibility index (Phi) is 4.87. The Morgan fingerprint density at radius 2 is 1.85 bits per heavy atom. The number of alkyl halides is 3. The number of amides is 1. The van der Waals surface area contributed by atoms with Gasteiger partial charge in [-0.2, -0.15) is 0 Å². The maximum atomic E-state index is 12.8. The van der Waals surface area contributed by atoms with Gasteiger partial charge in [-0.05, 0) is 55.5 Å². The number of rotatable bonds is 3. The summed E-state index contributed by atoms with van der Waals surface area (Å²) in [4.78, 5) is 14.3. The Morgan fingerprint density at radius 1 is 1.19 bits per heavy atom. The number of carbonyl (C=O) groups is 1. The summed E-state index contributed by atoms with van der Waals surface area (Å²) < 4.78 is 42.8. The number of hydrogen-bond donors (Lipinski definition) is 0. The van der Waals surface area contributed by atoms with E-state index < -0.39 is 6.36 Å². The van der Waals surface area contributed by atoms with Crippen LogP contribution in [0.5, 0.6) is 0 Å². The van der Waals surface area contributed by atoms with E-state index in [-0.39, 0.29) is 17.1 Å². The molecule has 0 atom stereocenters. The zero-order valence-corrected chi connectivity index (χ0v) is 16.0. The molecule has 27 heavy (non-hydrogen) atoms. The van der Waals surface area contributed by atoms with E-state index in [1.165, 1.54) is 6.08 Å². The highest BCUT2D eigenvalue weighted by Crippen LogP contribution is 2.44. The lowest BCUT2D eigenvalue weighted by Crippen LogP contribution is -2.42. The smallest absolute Gasteiger partial charge is 0.405 e. The molecule has 3 rings (SSSR count). The molecule has 1 aromatic carbocycles. The van der Waals surface area contributed by atoms with Crippen molar-refractivity contribution < 1.29 is 22.7 Å². The minimum atomic E-state index is -4.74. The number of halogens is 3. The van der Waals surface area contributed by atoms with Crippen molar-refractivity contribution in [1.82, 2.24) is 0 Å². The van der Waals surface area contributed by atoms with E-state index in [9.17, 15) is 18.0 Å². The van der Waals surface area contributed by atoms with Gasteiger partial charge in [-0.15, -0.1) is 13.2 Å². The van der Waals surface area contributed by atoms with Gasteiger partial charge >= 0.3 is 6.36 Å². The molecule has 0 spiro atoms. The van der Waals surface area contributed by atoms with Crippen LogP contribution in [-0.2, 0) is 14.9 Å². The van der Waals surface area contributed by atoms with Crippen LogP contribution in [0.25, 0.3) is 5.57 Å². The molecule has 1 aliphatic heterocycles. The van der Waals surface area contributed by atoms with Gasteiger partial charge in [0.2, 0.25) is 5.91 Å². The number of allylic oxidation sites excluding steroid dienone is 3. The second-order valence-electron chi connectivity index (χ2n) is 7.69. The second kappa shape index (κ2) is 6.73. The van der Waals surface area contributed by atoms with Gasteiger partial charge < -0.3 is 9.64 Å². The van der Waals surface area contributed by atoms with Crippen molar-refractivity contribution in [2.75, 3.05) is 11.4 Å². The molecular formula is C21H24F3NO2. The minimum Gasteiger partial charge on any atom is -0.405 e. The highest BCUT2D eigenvalue weighted by atomic mass is 19.4. The normalized spacial score (nSPS) is 19.4. The summed E-state index contributed by atoms with van der Waals surface area (Å²) in [5, 5.41) is 0. The highest BCUT2D eigenvalue weighted by Gasteiger charge is 2.38. The molecule has 0 N–H and O–H groups in total. The summed E-state index contributed by atoms with van der Waals surface area (Å²) in [5.41, 5.74) is 3.49. The molecule has 0 saturated heterocycles. The number of benzene rings is 1. The minimum absolute atomic E-state index is 0.0322. The van der Waals surface area contributed by atoms with E-state index in [1.54, 1.807) is 11.0 Å². The summed E-state index contributed by atoms with van der Waals surface area (Å²) in [6.07, 6.45) is 0.0930. The molecule has 146 valence electrons. The number of fused-ring (bicyclic) bond motifs is 1. The third-order valence-corrected chi connectivity index (χ3v) is 5.20. The first-order valence-corrected chi connectivity index (χ1v) is 9.16. The molecule has 0 bridgehead atoms.